The maximum atomic E-state index is 5.65. The molecular weight excluding hydrogens is 164 g/mol. The fourth-order valence-electron chi connectivity index (χ4n) is 0.996. The number of methoxy groups -OCH3 is 1. The first-order valence-corrected chi connectivity index (χ1v) is 5.02. The van der Waals surface area contributed by atoms with Crippen LogP contribution in [0.2, 0.25) is 0 Å². The van der Waals surface area contributed by atoms with Gasteiger partial charge in [-0.05, 0) is 40.5 Å². The zero-order chi connectivity index (χ0) is 10.5. The maximum absolute atomic E-state index is 5.65. The van der Waals surface area contributed by atoms with Crippen LogP contribution < -0.4 is 0 Å². The SMILES string of the molecule is CCC(C)(CCOC(C)(C)C)OC. The van der Waals surface area contributed by atoms with E-state index in [0.717, 1.165) is 19.4 Å². The zero-order valence-electron chi connectivity index (χ0n) is 9.94. The van der Waals surface area contributed by atoms with Gasteiger partial charge in [0.15, 0.2) is 0 Å². The average Bonchev–Trinajstić information content (AvgIpc) is 2.02. The topological polar surface area (TPSA) is 18.5 Å². The second-order valence-electron chi connectivity index (χ2n) is 4.72. The highest BCUT2D eigenvalue weighted by atomic mass is 16.5. The first-order valence-electron chi connectivity index (χ1n) is 5.02. The highest BCUT2D eigenvalue weighted by Crippen LogP contribution is 2.20. The molecule has 0 aromatic heterocycles. The van der Waals surface area contributed by atoms with Crippen molar-refractivity contribution in [1.82, 2.24) is 0 Å². The van der Waals surface area contributed by atoms with Crippen LogP contribution in [0.25, 0.3) is 0 Å². The van der Waals surface area contributed by atoms with Gasteiger partial charge < -0.3 is 9.47 Å². The minimum absolute atomic E-state index is 0.0226. The van der Waals surface area contributed by atoms with Gasteiger partial charge in [0.2, 0.25) is 0 Å². The van der Waals surface area contributed by atoms with E-state index >= 15 is 0 Å². The molecule has 0 aliphatic carbocycles. The molecule has 1 unspecified atom stereocenters. The third-order valence-corrected chi connectivity index (χ3v) is 2.41. The molecule has 0 bridgehead atoms. The van der Waals surface area contributed by atoms with Crippen LogP contribution >= 0.6 is 0 Å². The van der Waals surface area contributed by atoms with E-state index in [1.807, 2.05) is 0 Å². The Morgan fingerprint density at radius 1 is 1.08 bits per heavy atom. The Labute approximate surface area is 82.6 Å². The minimum Gasteiger partial charge on any atom is -0.378 e. The Bertz CT molecular complexity index is 132. The first kappa shape index (κ1) is 12.9. The molecule has 0 amide bonds. The van der Waals surface area contributed by atoms with E-state index in [2.05, 4.69) is 34.6 Å². The quantitative estimate of drug-likeness (QED) is 0.660. The van der Waals surface area contributed by atoms with Crippen molar-refractivity contribution >= 4 is 0 Å². The van der Waals surface area contributed by atoms with Gasteiger partial charge in [-0.2, -0.15) is 0 Å². The maximum Gasteiger partial charge on any atom is 0.0670 e. The molecule has 0 N–H and O–H groups in total. The van der Waals surface area contributed by atoms with Crippen LogP contribution in [-0.4, -0.2) is 24.9 Å². The number of ether oxygens (including phenoxy) is 2. The molecule has 80 valence electrons. The highest BCUT2D eigenvalue weighted by Gasteiger charge is 2.21. The Morgan fingerprint density at radius 3 is 1.92 bits per heavy atom. The number of hydrogen-bond donors (Lipinski definition) is 0. The summed E-state index contributed by atoms with van der Waals surface area (Å²) in [5.41, 5.74) is -0.0619. The Morgan fingerprint density at radius 2 is 1.62 bits per heavy atom. The fourth-order valence-corrected chi connectivity index (χ4v) is 0.996. The monoisotopic (exact) mass is 188 g/mol. The third kappa shape index (κ3) is 6.05. The lowest BCUT2D eigenvalue weighted by molar-refractivity contribution is -0.0591. The van der Waals surface area contributed by atoms with E-state index in [1.54, 1.807) is 7.11 Å². The summed E-state index contributed by atoms with van der Waals surface area (Å²) in [5.74, 6) is 0. The molecule has 1 atom stereocenters. The van der Waals surface area contributed by atoms with Gasteiger partial charge in [0.25, 0.3) is 0 Å². The van der Waals surface area contributed by atoms with E-state index in [9.17, 15) is 0 Å². The van der Waals surface area contributed by atoms with Crippen LogP contribution in [0, 0.1) is 0 Å². The van der Waals surface area contributed by atoms with Crippen molar-refractivity contribution in [3.05, 3.63) is 0 Å². The van der Waals surface area contributed by atoms with Crippen molar-refractivity contribution in [3.63, 3.8) is 0 Å². The molecule has 2 heteroatoms. The lowest BCUT2D eigenvalue weighted by Crippen LogP contribution is -2.30. The van der Waals surface area contributed by atoms with Crippen LogP contribution in [0.15, 0.2) is 0 Å². The van der Waals surface area contributed by atoms with Gasteiger partial charge in [-0.3, -0.25) is 0 Å². The average molecular weight is 188 g/mol. The van der Waals surface area contributed by atoms with E-state index in [4.69, 9.17) is 9.47 Å². The molecule has 0 spiro atoms. The van der Waals surface area contributed by atoms with Crippen molar-refractivity contribution in [2.75, 3.05) is 13.7 Å². The van der Waals surface area contributed by atoms with Crippen molar-refractivity contribution in [2.24, 2.45) is 0 Å². The number of hydrogen-bond acceptors (Lipinski definition) is 2. The standard InChI is InChI=1S/C11H24O2/c1-7-11(5,12-6)8-9-13-10(2,3)4/h7-9H2,1-6H3. The van der Waals surface area contributed by atoms with Crippen molar-refractivity contribution in [3.8, 4) is 0 Å². The third-order valence-electron chi connectivity index (χ3n) is 2.41. The second-order valence-corrected chi connectivity index (χ2v) is 4.72. The molecular formula is C11H24O2. The van der Waals surface area contributed by atoms with Crippen LogP contribution in [-0.2, 0) is 9.47 Å². The Balaban J connectivity index is 3.74. The zero-order valence-corrected chi connectivity index (χ0v) is 9.94. The van der Waals surface area contributed by atoms with Crippen molar-refractivity contribution < 1.29 is 9.47 Å². The first-order chi connectivity index (χ1) is 5.83. The molecule has 0 aliphatic heterocycles. The van der Waals surface area contributed by atoms with E-state index in [0.29, 0.717) is 0 Å². The summed E-state index contributed by atoms with van der Waals surface area (Å²) in [6.45, 7) is 11.2. The highest BCUT2D eigenvalue weighted by molar-refractivity contribution is 4.72. The summed E-state index contributed by atoms with van der Waals surface area (Å²) in [6.07, 6.45) is 1.98. The molecule has 2 nitrogen and oxygen atoms in total. The smallest absolute Gasteiger partial charge is 0.0670 e. The fraction of sp³-hybridized carbons (Fsp3) is 1.00. The molecule has 13 heavy (non-hydrogen) atoms. The van der Waals surface area contributed by atoms with E-state index in [1.165, 1.54) is 0 Å². The predicted octanol–water partition coefficient (Wildman–Crippen LogP) is 3.01. The lowest BCUT2D eigenvalue weighted by Gasteiger charge is -2.28. The van der Waals surface area contributed by atoms with Gasteiger partial charge in [-0.1, -0.05) is 6.92 Å². The molecule has 0 heterocycles. The molecule has 0 saturated heterocycles. The number of rotatable bonds is 5. The van der Waals surface area contributed by atoms with Gasteiger partial charge in [0.05, 0.1) is 17.8 Å². The largest absolute Gasteiger partial charge is 0.378 e. The summed E-state index contributed by atoms with van der Waals surface area (Å²) in [6, 6.07) is 0. The van der Waals surface area contributed by atoms with Crippen LogP contribution in [0.5, 0.6) is 0 Å². The summed E-state index contributed by atoms with van der Waals surface area (Å²) < 4.78 is 11.1. The molecule has 0 saturated carbocycles. The second kappa shape index (κ2) is 4.97. The van der Waals surface area contributed by atoms with Gasteiger partial charge in [0, 0.05) is 7.11 Å². The molecule has 0 aromatic rings. The molecule has 0 aromatic carbocycles. The molecule has 0 radical (unpaired) electrons. The molecule has 0 aliphatic rings. The molecule has 0 fully saturated rings. The van der Waals surface area contributed by atoms with Crippen LogP contribution in [0.4, 0.5) is 0 Å². The minimum atomic E-state index is -0.0393. The van der Waals surface area contributed by atoms with Crippen LogP contribution in [0.1, 0.15) is 47.5 Å². The van der Waals surface area contributed by atoms with Gasteiger partial charge in [0.1, 0.15) is 0 Å². The van der Waals surface area contributed by atoms with Crippen molar-refractivity contribution in [2.45, 2.75) is 58.7 Å². The predicted molar refractivity (Wildman–Crippen MR) is 56.0 cm³/mol. The Kier molecular flexibility index (Phi) is 4.93. The summed E-state index contributed by atoms with van der Waals surface area (Å²) >= 11 is 0. The van der Waals surface area contributed by atoms with Gasteiger partial charge >= 0.3 is 0 Å². The van der Waals surface area contributed by atoms with Crippen LogP contribution in [0.3, 0.4) is 0 Å². The summed E-state index contributed by atoms with van der Waals surface area (Å²) in [4.78, 5) is 0. The lowest BCUT2D eigenvalue weighted by atomic mass is 9.99. The molecule has 0 rings (SSSR count). The van der Waals surface area contributed by atoms with Crippen molar-refractivity contribution in [1.29, 1.82) is 0 Å². The normalized spacial score (nSPS) is 17.1. The van der Waals surface area contributed by atoms with E-state index < -0.39 is 0 Å². The summed E-state index contributed by atoms with van der Waals surface area (Å²) in [7, 11) is 1.76. The van der Waals surface area contributed by atoms with Gasteiger partial charge in [-0.25, -0.2) is 0 Å². The summed E-state index contributed by atoms with van der Waals surface area (Å²) in [5, 5.41) is 0. The van der Waals surface area contributed by atoms with Gasteiger partial charge in [-0.15, -0.1) is 0 Å². The Hall–Kier alpha value is -0.0800. The van der Waals surface area contributed by atoms with E-state index in [-0.39, 0.29) is 11.2 Å².